The van der Waals surface area contributed by atoms with Crippen LogP contribution >= 0.6 is 0 Å². The van der Waals surface area contributed by atoms with Crippen molar-refractivity contribution in [1.82, 2.24) is 5.32 Å². The van der Waals surface area contributed by atoms with Gasteiger partial charge in [0.2, 0.25) is 0 Å². The number of hydrogen-bond donors (Lipinski definition) is 1. The molecule has 0 fully saturated rings. The maximum atomic E-state index is 5.84. The monoisotopic (exact) mass is 309 g/mol. The lowest BCUT2D eigenvalue weighted by Crippen LogP contribution is -2.16. The van der Waals surface area contributed by atoms with Crippen molar-refractivity contribution in [2.24, 2.45) is 0 Å². The van der Waals surface area contributed by atoms with E-state index in [1.165, 1.54) is 48.4 Å². The van der Waals surface area contributed by atoms with Crippen LogP contribution in [0, 0.1) is 0 Å². The van der Waals surface area contributed by atoms with Crippen molar-refractivity contribution in [3.05, 3.63) is 53.6 Å². The SMILES string of the molecule is CCOc1ccc2ccccc2c1CNCCC1=CCCCC1. The Bertz CT molecular complexity index is 675. The average Bonchev–Trinajstić information content (AvgIpc) is 2.61. The fraction of sp³-hybridized carbons (Fsp3) is 0.429. The molecule has 23 heavy (non-hydrogen) atoms. The maximum absolute atomic E-state index is 5.84. The summed E-state index contributed by atoms with van der Waals surface area (Å²) in [7, 11) is 0. The van der Waals surface area contributed by atoms with Gasteiger partial charge in [-0.15, -0.1) is 0 Å². The number of ether oxygens (including phenoxy) is 1. The third kappa shape index (κ3) is 4.14. The Balaban J connectivity index is 1.67. The largest absolute Gasteiger partial charge is 0.494 e. The molecule has 0 atom stereocenters. The Morgan fingerprint density at radius 2 is 2.00 bits per heavy atom. The summed E-state index contributed by atoms with van der Waals surface area (Å²) in [6.45, 7) is 4.66. The van der Waals surface area contributed by atoms with Crippen LogP contribution in [0.4, 0.5) is 0 Å². The second kappa shape index (κ2) is 8.16. The molecular weight excluding hydrogens is 282 g/mol. The predicted octanol–water partition coefficient (Wildman–Crippen LogP) is 5.22. The van der Waals surface area contributed by atoms with E-state index in [-0.39, 0.29) is 0 Å². The summed E-state index contributed by atoms with van der Waals surface area (Å²) < 4.78 is 5.84. The highest BCUT2D eigenvalue weighted by Gasteiger charge is 2.09. The van der Waals surface area contributed by atoms with Gasteiger partial charge in [0.05, 0.1) is 6.61 Å². The fourth-order valence-electron chi connectivity index (χ4n) is 3.38. The lowest BCUT2D eigenvalue weighted by molar-refractivity contribution is 0.336. The van der Waals surface area contributed by atoms with Crippen molar-refractivity contribution in [3.8, 4) is 5.75 Å². The standard InChI is InChI=1S/C21H27NO/c1-2-23-21-13-12-18-10-6-7-11-19(18)20(21)16-22-15-14-17-8-4-3-5-9-17/h6-8,10-13,22H,2-5,9,14-16H2,1H3. The van der Waals surface area contributed by atoms with Crippen LogP contribution in [0.25, 0.3) is 10.8 Å². The van der Waals surface area contributed by atoms with Crippen molar-refractivity contribution in [2.45, 2.75) is 45.6 Å². The van der Waals surface area contributed by atoms with Crippen molar-refractivity contribution in [3.63, 3.8) is 0 Å². The molecule has 0 amide bonds. The molecule has 2 heteroatoms. The minimum atomic E-state index is 0.707. The van der Waals surface area contributed by atoms with Gasteiger partial charge in [0.15, 0.2) is 0 Å². The molecule has 0 spiro atoms. The van der Waals surface area contributed by atoms with Crippen LogP contribution in [0.3, 0.4) is 0 Å². The molecule has 0 saturated heterocycles. The normalized spacial score (nSPS) is 14.7. The van der Waals surface area contributed by atoms with E-state index in [2.05, 4.69) is 47.8 Å². The van der Waals surface area contributed by atoms with Gasteiger partial charge >= 0.3 is 0 Å². The van der Waals surface area contributed by atoms with Gasteiger partial charge in [-0.3, -0.25) is 0 Å². The van der Waals surface area contributed by atoms with Crippen LogP contribution in [-0.4, -0.2) is 13.2 Å². The molecule has 0 bridgehead atoms. The molecule has 0 saturated carbocycles. The van der Waals surface area contributed by atoms with Crippen LogP contribution in [0.5, 0.6) is 5.75 Å². The fourth-order valence-corrected chi connectivity index (χ4v) is 3.38. The third-order valence-corrected chi connectivity index (χ3v) is 4.61. The van der Waals surface area contributed by atoms with Gasteiger partial charge < -0.3 is 10.1 Å². The number of fused-ring (bicyclic) bond motifs is 1. The van der Waals surface area contributed by atoms with E-state index in [9.17, 15) is 0 Å². The van der Waals surface area contributed by atoms with E-state index in [0.29, 0.717) is 6.61 Å². The van der Waals surface area contributed by atoms with Crippen molar-refractivity contribution < 1.29 is 4.74 Å². The summed E-state index contributed by atoms with van der Waals surface area (Å²) >= 11 is 0. The van der Waals surface area contributed by atoms with Gasteiger partial charge in [-0.1, -0.05) is 42.0 Å². The summed E-state index contributed by atoms with van der Waals surface area (Å²) in [5.41, 5.74) is 2.91. The number of allylic oxidation sites excluding steroid dienone is 1. The van der Waals surface area contributed by atoms with Gasteiger partial charge in [-0.2, -0.15) is 0 Å². The Kier molecular flexibility index (Phi) is 5.71. The summed E-state index contributed by atoms with van der Waals surface area (Å²) in [6.07, 6.45) is 8.91. The Hall–Kier alpha value is -1.80. The molecule has 2 aromatic carbocycles. The first-order valence-electron chi connectivity index (χ1n) is 8.90. The first-order valence-corrected chi connectivity index (χ1v) is 8.90. The minimum Gasteiger partial charge on any atom is -0.494 e. The average molecular weight is 309 g/mol. The highest BCUT2D eigenvalue weighted by molar-refractivity contribution is 5.87. The van der Waals surface area contributed by atoms with Crippen LogP contribution in [0.1, 0.15) is 44.6 Å². The molecule has 0 heterocycles. The lowest BCUT2D eigenvalue weighted by Gasteiger charge is -2.16. The van der Waals surface area contributed by atoms with E-state index >= 15 is 0 Å². The number of nitrogens with one attached hydrogen (secondary N) is 1. The molecule has 122 valence electrons. The molecule has 3 rings (SSSR count). The van der Waals surface area contributed by atoms with Gasteiger partial charge in [0, 0.05) is 12.1 Å². The number of rotatable bonds is 7. The second-order valence-electron chi connectivity index (χ2n) is 6.23. The van der Waals surface area contributed by atoms with Crippen LogP contribution in [0.15, 0.2) is 48.0 Å². The molecule has 2 aromatic rings. The molecule has 0 unspecified atom stereocenters. The Morgan fingerprint density at radius 1 is 1.09 bits per heavy atom. The maximum Gasteiger partial charge on any atom is 0.124 e. The summed E-state index contributed by atoms with van der Waals surface area (Å²) in [6, 6.07) is 12.8. The van der Waals surface area contributed by atoms with Gasteiger partial charge in [-0.25, -0.2) is 0 Å². The Morgan fingerprint density at radius 3 is 2.83 bits per heavy atom. The predicted molar refractivity (Wildman–Crippen MR) is 98.0 cm³/mol. The molecule has 1 N–H and O–H groups in total. The minimum absolute atomic E-state index is 0.707. The number of hydrogen-bond acceptors (Lipinski definition) is 2. The van der Waals surface area contributed by atoms with E-state index in [1.807, 2.05) is 6.92 Å². The van der Waals surface area contributed by atoms with Crippen LogP contribution in [0.2, 0.25) is 0 Å². The van der Waals surface area contributed by atoms with Gasteiger partial charge in [0.25, 0.3) is 0 Å². The van der Waals surface area contributed by atoms with Crippen molar-refractivity contribution >= 4 is 10.8 Å². The number of benzene rings is 2. The zero-order valence-electron chi connectivity index (χ0n) is 14.1. The van der Waals surface area contributed by atoms with Crippen LogP contribution in [-0.2, 0) is 6.54 Å². The summed E-state index contributed by atoms with van der Waals surface area (Å²) in [5.74, 6) is 1.01. The lowest BCUT2D eigenvalue weighted by atomic mass is 9.97. The van der Waals surface area contributed by atoms with Crippen molar-refractivity contribution in [2.75, 3.05) is 13.2 Å². The first kappa shape index (κ1) is 16.1. The van der Waals surface area contributed by atoms with E-state index in [1.54, 1.807) is 5.57 Å². The molecule has 0 aromatic heterocycles. The molecular formula is C21H27NO. The topological polar surface area (TPSA) is 21.3 Å². The van der Waals surface area contributed by atoms with Gasteiger partial charge in [0.1, 0.15) is 5.75 Å². The highest BCUT2D eigenvalue weighted by atomic mass is 16.5. The molecule has 1 aliphatic rings. The molecule has 1 aliphatic carbocycles. The van der Waals surface area contributed by atoms with E-state index in [4.69, 9.17) is 4.74 Å². The second-order valence-corrected chi connectivity index (χ2v) is 6.23. The molecule has 0 aliphatic heterocycles. The Labute approximate surface area is 139 Å². The first-order chi connectivity index (χ1) is 11.4. The van der Waals surface area contributed by atoms with Gasteiger partial charge in [-0.05, 0) is 62.4 Å². The van der Waals surface area contributed by atoms with Crippen LogP contribution < -0.4 is 10.1 Å². The van der Waals surface area contributed by atoms with E-state index in [0.717, 1.165) is 18.8 Å². The highest BCUT2D eigenvalue weighted by Crippen LogP contribution is 2.28. The smallest absolute Gasteiger partial charge is 0.124 e. The molecule has 2 nitrogen and oxygen atoms in total. The van der Waals surface area contributed by atoms with Crippen molar-refractivity contribution in [1.29, 1.82) is 0 Å². The van der Waals surface area contributed by atoms with E-state index < -0.39 is 0 Å². The summed E-state index contributed by atoms with van der Waals surface area (Å²) in [5, 5.41) is 6.19. The zero-order chi connectivity index (χ0) is 15.9. The quantitative estimate of drug-likeness (QED) is 0.559. The molecule has 0 radical (unpaired) electrons. The third-order valence-electron chi connectivity index (χ3n) is 4.61. The zero-order valence-corrected chi connectivity index (χ0v) is 14.1. The summed E-state index contributed by atoms with van der Waals surface area (Å²) in [4.78, 5) is 0.